The summed E-state index contributed by atoms with van der Waals surface area (Å²) in [6, 6.07) is 0. The van der Waals surface area contributed by atoms with Crippen molar-refractivity contribution < 1.29 is 35.4 Å². The van der Waals surface area contributed by atoms with Gasteiger partial charge in [-0.1, -0.05) is 0 Å². The van der Waals surface area contributed by atoms with E-state index in [0.29, 0.717) is 19.3 Å². The Bertz CT molecular complexity index is 248. The molecular weight excluding hydrogens is 256 g/mol. The topological polar surface area (TPSA) is 131 Å². The Balaban J connectivity index is 2.47. The fourth-order valence-electron chi connectivity index (χ4n) is 2.25. The van der Waals surface area contributed by atoms with Crippen LogP contribution in [0.2, 0.25) is 0 Å². The summed E-state index contributed by atoms with van der Waals surface area (Å²) in [5.74, 6) is 0. The molecule has 7 heteroatoms. The van der Waals surface area contributed by atoms with Crippen LogP contribution in [0.15, 0.2) is 0 Å². The van der Waals surface area contributed by atoms with E-state index in [1.54, 1.807) is 0 Å². The zero-order chi connectivity index (χ0) is 14.4. The van der Waals surface area contributed by atoms with Crippen LogP contribution in [0.25, 0.3) is 0 Å². The number of aliphatic hydroxyl groups is 6. The van der Waals surface area contributed by atoms with Gasteiger partial charge in [0.15, 0.2) is 0 Å². The summed E-state index contributed by atoms with van der Waals surface area (Å²) < 4.78 is 5.29. The maximum atomic E-state index is 9.78. The van der Waals surface area contributed by atoms with E-state index in [-0.39, 0.29) is 13.0 Å². The Morgan fingerprint density at radius 2 is 1.53 bits per heavy atom. The molecule has 1 saturated heterocycles. The summed E-state index contributed by atoms with van der Waals surface area (Å²) in [5.41, 5.74) is 0. The number of ether oxygens (including phenoxy) is 1. The Morgan fingerprint density at radius 1 is 0.895 bits per heavy atom. The lowest BCUT2D eigenvalue weighted by atomic mass is 9.91. The third-order valence-corrected chi connectivity index (χ3v) is 3.44. The van der Waals surface area contributed by atoms with Gasteiger partial charge in [0, 0.05) is 13.0 Å². The zero-order valence-corrected chi connectivity index (χ0v) is 10.8. The van der Waals surface area contributed by atoms with Crippen molar-refractivity contribution >= 4 is 0 Å². The van der Waals surface area contributed by atoms with Crippen LogP contribution in [-0.4, -0.2) is 80.5 Å². The van der Waals surface area contributed by atoms with E-state index in [9.17, 15) is 20.4 Å². The van der Waals surface area contributed by atoms with Crippen LogP contribution >= 0.6 is 0 Å². The Hall–Kier alpha value is -0.280. The molecule has 7 nitrogen and oxygen atoms in total. The predicted octanol–water partition coefficient (Wildman–Crippen LogP) is -2.26. The Morgan fingerprint density at radius 3 is 2.11 bits per heavy atom. The van der Waals surface area contributed by atoms with E-state index in [0.717, 1.165) is 0 Å². The first kappa shape index (κ1) is 16.8. The summed E-state index contributed by atoms with van der Waals surface area (Å²) in [5, 5.41) is 56.4. The molecule has 6 N–H and O–H groups in total. The second-order valence-electron chi connectivity index (χ2n) is 4.98. The molecule has 0 spiro atoms. The van der Waals surface area contributed by atoms with E-state index in [2.05, 4.69) is 0 Å². The van der Waals surface area contributed by atoms with Crippen molar-refractivity contribution in [1.82, 2.24) is 0 Å². The number of hydrogen-bond acceptors (Lipinski definition) is 7. The van der Waals surface area contributed by atoms with Gasteiger partial charge in [0.1, 0.15) is 24.4 Å². The minimum absolute atomic E-state index is 0.0623. The van der Waals surface area contributed by atoms with Gasteiger partial charge in [-0.3, -0.25) is 0 Å². The highest BCUT2D eigenvalue weighted by Crippen LogP contribution is 2.24. The van der Waals surface area contributed by atoms with Crippen LogP contribution in [-0.2, 0) is 4.74 Å². The van der Waals surface area contributed by atoms with Crippen LogP contribution in [0.4, 0.5) is 0 Å². The van der Waals surface area contributed by atoms with E-state index < -0.39 is 43.2 Å². The number of unbranched alkanes of at least 4 members (excludes halogenated alkanes) is 1. The second-order valence-corrected chi connectivity index (χ2v) is 4.98. The van der Waals surface area contributed by atoms with Crippen LogP contribution in [0.1, 0.15) is 25.7 Å². The summed E-state index contributed by atoms with van der Waals surface area (Å²) in [7, 11) is 0. The first-order chi connectivity index (χ1) is 9.01. The SMILES string of the molecule is OCCCCC(O)C[C@@H]1O[C@H](CO)[C@@H](O)[C@H](O)[C@H]1O. The van der Waals surface area contributed by atoms with Gasteiger partial charge in [-0.15, -0.1) is 0 Å². The van der Waals surface area contributed by atoms with Gasteiger partial charge in [0.2, 0.25) is 0 Å². The molecule has 0 bridgehead atoms. The molecule has 0 amide bonds. The lowest BCUT2D eigenvalue weighted by molar-refractivity contribution is -0.234. The fourth-order valence-corrected chi connectivity index (χ4v) is 2.25. The molecule has 114 valence electrons. The summed E-state index contributed by atoms with van der Waals surface area (Å²) in [6.45, 7) is -0.408. The van der Waals surface area contributed by atoms with Crippen molar-refractivity contribution in [2.75, 3.05) is 13.2 Å². The number of rotatable bonds is 7. The van der Waals surface area contributed by atoms with Crippen LogP contribution in [0.3, 0.4) is 0 Å². The summed E-state index contributed by atoms with van der Waals surface area (Å²) in [4.78, 5) is 0. The third kappa shape index (κ3) is 4.64. The van der Waals surface area contributed by atoms with Gasteiger partial charge in [-0.2, -0.15) is 0 Å². The van der Waals surface area contributed by atoms with Gasteiger partial charge in [0.25, 0.3) is 0 Å². The molecule has 1 aliphatic heterocycles. The second kappa shape index (κ2) is 8.11. The third-order valence-electron chi connectivity index (χ3n) is 3.44. The number of hydrogen-bond donors (Lipinski definition) is 6. The number of aliphatic hydroxyl groups excluding tert-OH is 6. The predicted molar refractivity (Wildman–Crippen MR) is 65.3 cm³/mol. The smallest absolute Gasteiger partial charge is 0.111 e. The van der Waals surface area contributed by atoms with Gasteiger partial charge in [-0.25, -0.2) is 0 Å². The van der Waals surface area contributed by atoms with Crippen molar-refractivity contribution in [2.24, 2.45) is 0 Å². The molecule has 1 aliphatic rings. The average Bonchev–Trinajstić information content (AvgIpc) is 2.39. The summed E-state index contributed by atoms with van der Waals surface area (Å²) in [6.07, 6.45) is -4.78. The monoisotopic (exact) mass is 280 g/mol. The molecule has 1 fully saturated rings. The lowest BCUT2D eigenvalue weighted by Crippen LogP contribution is -2.59. The van der Waals surface area contributed by atoms with Crippen molar-refractivity contribution in [1.29, 1.82) is 0 Å². The average molecular weight is 280 g/mol. The first-order valence-corrected chi connectivity index (χ1v) is 6.60. The molecule has 1 unspecified atom stereocenters. The van der Waals surface area contributed by atoms with Gasteiger partial charge >= 0.3 is 0 Å². The normalized spacial score (nSPS) is 37.3. The summed E-state index contributed by atoms with van der Waals surface area (Å²) >= 11 is 0. The highest BCUT2D eigenvalue weighted by molar-refractivity contribution is 4.92. The molecular formula is C12H24O7. The fraction of sp³-hybridized carbons (Fsp3) is 1.00. The van der Waals surface area contributed by atoms with E-state index >= 15 is 0 Å². The largest absolute Gasteiger partial charge is 0.396 e. The van der Waals surface area contributed by atoms with Crippen LogP contribution < -0.4 is 0 Å². The molecule has 6 atom stereocenters. The molecule has 0 saturated carbocycles. The zero-order valence-electron chi connectivity index (χ0n) is 10.8. The van der Waals surface area contributed by atoms with Gasteiger partial charge in [-0.05, 0) is 19.3 Å². The Labute approximate surface area is 112 Å². The van der Waals surface area contributed by atoms with E-state index in [1.807, 2.05) is 0 Å². The molecule has 0 aromatic heterocycles. The molecule has 0 radical (unpaired) electrons. The van der Waals surface area contributed by atoms with Gasteiger partial charge < -0.3 is 35.4 Å². The maximum Gasteiger partial charge on any atom is 0.111 e. The molecule has 0 aromatic rings. The minimum Gasteiger partial charge on any atom is -0.396 e. The lowest BCUT2D eigenvalue weighted by Gasteiger charge is -2.40. The molecule has 1 heterocycles. The van der Waals surface area contributed by atoms with Crippen molar-refractivity contribution in [3.05, 3.63) is 0 Å². The molecule has 0 aromatic carbocycles. The van der Waals surface area contributed by atoms with Crippen molar-refractivity contribution in [3.8, 4) is 0 Å². The van der Waals surface area contributed by atoms with Crippen molar-refractivity contribution in [2.45, 2.75) is 62.3 Å². The van der Waals surface area contributed by atoms with Crippen LogP contribution in [0.5, 0.6) is 0 Å². The highest BCUT2D eigenvalue weighted by atomic mass is 16.5. The highest BCUT2D eigenvalue weighted by Gasteiger charge is 2.43. The van der Waals surface area contributed by atoms with Crippen LogP contribution in [0, 0.1) is 0 Å². The Kier molecular flexibility index (Phi) is 7.16. The molecule has 0 aliphatic carbocycles. The van der Waals surface area contributed by atoms with E-state index in [1.165, 1.54) is 0 Å². The van der Waals surface area contributed by atoms with E-state index in [4.69, 9.17) is 14.9 Å². The molecule has 19 heavy (non-hydrogen) atoms. The maximum absolute atomic E-state index is 9.78. The van der Waals surface area contributed by atoms with Crippen molar-refractivity contribution in [3.63, 3.8) is 0 Å². The first-order valence-electron chi connectivity index (χ1n) is 6.60. The van der Waals surface area contributed by atoms with Gasteiger partial charge in [0.05, 0.1) is 18.8 Å². The quantitative estimate of drug-likeness (QED) is 0.290. The minimum atomic E-state index is -1.40. The standard InChI is InChI=1S/C12H24O7/c13-4-2-1-3-7(15)5-8-10(16)12(18)11(17)9(6-14)19-8/h7-18H,1-6H2/t7?,8-,9+,10-,11+,12+/m0/s1. The molecule has 1 rings (SSSR count).